The van der Waals surface area contributed by atoms with E-state index in [1.807, 2.05) is 18.2 Å². The van der Waals surface area contributed by atoms with Crippen LogP contribution in [-0.2, 0) is 6.54 Å². The van der Waals surface area contributed by atoms with E-state index >= 15 is 0 Å². The fourth-order valence-corrected chi connectivity index (χ4v) is 5.56. The molecule has 0 amide bonds. The minimum Gasteiger partial charge on any atom is -0.489 e. The number of pyridine rings is 3. The molecule has 206 valence electrons. The summed E-state index contributed by atoms with van der Waals surface area (Å²) in [7, 11) is 1.51. The van der Waals surface area contributed by atoms with Gasteiger partial charge in [0, 0.05) is 55.2 Å². The molecule has 3 saturated heterocycles. The summed E-state index contributed by atoms with van der Waals surface area (Å²) >= 11 is 0. The van der Waals surface area contributed by atoms with Crippen molar-refractivity contribution >= 4 is 11.3 Å². The van der Waals surface area contributed by atoms with E-state index in [9.17, 15) is 14.8 Å². The van der Waals surface area contributed by atoms with Gasteiger partial charge in [-0.3, -0.25) is 4.90 Å². The van der Waals surface area contributed by atoms with Gasteiger partial charge in [0.05, 0.1) is 41.7 Å². The van der Waals surface area contributed by atoms with Crippen LogP contribution in [0.2, 0.25) is 0 Å². The van der Waals surface area contributed by atoms with Gasteiger partial charge in [0.2, 0.25) is 5.88 Å². The average Bonchev–Trinajstić information content (AvgIpc) is 3.37. The van der Waals surface area contributed by atoms with Gasteiger partial charge >= 0.3 is 0 Å². The molecule has 7 heterocycles. The molecular formula is C29H30FN7O3. The van der Waals surface area contributed by atoms with Crippen LogP contribution in [0.1, 0.15) is 31.4 Å². The zero-order valence-electron chi connectivity index (χ0n) is 22.6. The maximum absolute atomic E-state index is 14.5. The van der Waals surface area contributed by atoms with Crippen molar-refractivity contribution in [3.63, 3.8) is 0 Å². The number of hydrogen-bond donors (Lipinski definition) is 1. The monoisotopic (exact) mass is 543 g/mol. The molecule has 4 aromatic heterocycles. The molecule has 0 radical (unpaired) electrons. The number of methoxy groups -OCH3 is 1. The third kappa shape index (κ3) is 4.80. The maximum atomic E-state index is 14.5. The van der Waals surface area contributed by atoms with Gasteiger partial charge in [-0.15, -0.1) is 0 Å². The zero-order chi connectivity index (χ0) is 28.0. The molecule has 0 aromatic carbocycles. The van der Waals surface area contributed by atoms with Gasteiger partial charge in [-0.2, -0.15) is 10.4 Å². The Kier molecular flexibility index (Phi) is 6.52. The summed E-state index contributed by atoms with van der Waals surface area (Å²) < 4.78 is 27.2. The Morgan fingerprint density at radius 3 is 2.65 bits per heavy atom. The highest BCUT2D eigenvalue weighted by Crippen LogP contribution is 2.37. The smallest absolute Gasteiger partial charge is 0.220 e. The van der Waals surface area contributed by atoms with Crippen molar-refractivity contribution in [2.75, 3.05) is 31.7 Å². The minimum atomic E-state index is -0.997. The van der Waals surface area contributed by atoms with E-state index in [0.29, 0.717) is 46.9 Å². The number of fused-ring (bicyclic) bond motifs is 3. The van der Waals surface area contributed by atoms with Crippen molar-refractivity contribution in [3.8, 4) is 28.8 Å². The fraction of sp³-hybridized carbons (Fsp3) is 0.379. The largest absolute Gasteiger partial charge is 0.489 e. The first-order chi connectivity index (χ1) is 19.2. The minimum absolute atomic E-state index is 0.107. The van der Waals surface area contributed by atoms with Crippen LogP contribution in [0.4, 0.5) is 10.2 Å². The number of anilines is 1. The van der Waals surface area contributed by atoms with Crippen molar-refractivity contribution in [1.29, 1.82) is 5.26 Å². The normalized spacial score (nSPS) is 18.9. The standard InChI is InChI=1S/C29H30FN7O3/c1-29(2,38)17-40-22-9-23(27-19(10-31)12-34-37(27)15-22)18-4-5-26(33-11-18)35-13-20-8-21(14-35)36(20)16-24-25(30)6-7-32-28(24)39-3/h4-7,9,11-12,15,20-21,38H,8,13-14,16-17H2,1-3H3. The van der Waals surface area contributed by atoms with Gasteiger partial charge in [-0.1, -0.05) is 0 Å². The summed E-state index contributed by atoms with van der Waals surface area (Å²) in [5.74, 6) is 1.43. The quantitative estimate of drug-likeness (QED) is 0.357. The summed E-state index contributed by atoms with van der Waals surface area (Å²) in [4.78, 5) is 13.5. The number of nitriles is 1. The molecule has 11 heteroatoms. The van der Waals surface area contributed by atoms with Gasteiger partial charge in [-0.05, 0) is 44.5 Å². The number of aliphatic hydroxyl groups is 1. The molecule has 0 spiro atoms. The highest BCUT2D eigenvalue weighted by Gasteiger charge is 2.45. The van der Waals surface area contributed by atoms with E-state index in [0.717, 1.165) is 36.5 Å². The maximum Gasteiger partial charge on any atom is 0.220 e. The first-order valence-electron chi connectivity index (χ1n) is 13.1. The van der Waals surface area contributed by atoms with Gasteiger partial charge in [-0.25, -0.2) is 18.9 Å². The Hall–Kier alpha value is -4.27. The summed E-state index contributed by atoms with van der Waals surface area (Å²) in [5.41, 5.74) is 2.20. The van der Waals surface area contributed by atoms with Crippen LogP contribution in [0.5, 0.6) is 11.6 Å². The van der Waals surface area contributed by atoms with Gasteiger partial charge in [0.25, 0.3) is 0 Å². The Labute approximate surface area is 231 Å². The number of nitrogens with zero attached hydrogens (tertiary/aromatic N) is 7. The Morgan fingerprint density at radius 2 is 1.98 bits per heavy atom. The summed E-state index contributed by atoms with van der Waals surface area (Å²) in [5, 5.41) is 24.1. The Morgan fingerprint density at radius 1 is 1.18 bits per heavy atom. The van der Waals surface area contributed by atoms with Crippen LogP contribution >= 0.6 is 0 Å². The molecule has 2 atom stereocenters. The second-order valence-electron chi connectivity index (χ2n) is 11.0. The number of halogens is 1. The Balaban J connectivity index is 1.21. The Bertz CT molecular complexity index is 1580. The predicted octanol–water partition coefficient (Wildman–Crippen LogP) is 3.42. The fourth-order valence-electron chi connectivity index (χ4n) is 5.56. The molecule has 3 aliphatic rings. The molecule has 0 aliphatic carbocycles. The van der Waals surface area contributed by atoms with Crippen LogP contribution in [0.25, 0.3) is 16.6 Å². The molecule has 10 nitrogen and oxygen atoms in total. The summed E-state index contributed by atoms with van der Waals surface area (Å²) in [6.45, 7) is 5.50. The van der Waals surface area contributed by atoms with E-state index in [2.05, 4.69) is 26.0 Å². The first kappa shape index (κ1) is 26.0. The topological polar surface area (TPSA) is 112 Å². The van der Waals surface area contributed by atoms with Gasteiger partial charge in [0.15, 0.2) is 0 Å². The number of rotatable bonds is 8. The van der Waals surface area contributed by atoms with Crippen molar-refractivity contribution in [1.82, 2.24) is 24.5 Å². The highest BCUT2D eigenvalue weighted by molar-refractivity contribution is 5.85. The van der Waals surface area contributed by atoms with Crippen LogP contribution in [0, 0.1) is 17.1 Å². The van der Waals surface area contributed by atoms with Crippen molar-refractivity contribution in [3.05, 3.63) is 66.0 Å². The van der Waals surface area contributed by atoms with Gasteiger partial charge < -0.3 is 19.5 Å². The number of piperidine rings is 1. The number of hydrogen-bond acceptors (Lipinski definition) is 9. The number of ether oxygens (including phenoxy) is 2. The molecule has 0 saturated carbocycles. The molecular weight excluding hydrogens is 513 g/mol. The van der Waals surface area contributed by atoms with Crippen molar-refractivity contribution < 1.29 is 19.0 Å². The van der Waals surface area contributed by atoms with E-state index in [4.69, 9.17) is 14.5 Å². The third-order valence-corrected chi connectivity index (χ3v) is 7.52. The van der Waals surface area contributed by atoms with Gasteiger partial charge in [0.1, 0.15) is 30.1 Å². The lowest BCUT2D eigenvalue weighted by Gasteiger charge is -2.56. The van der Waals surface area contributed by atoms with Crippen LogP contribution in [0.3, 0.4) is 0 Å². The molecule has 4 aromatic rings. The van der Waals surface area contributed by atoms with Crippen molar-refractivity contribution in [2.24, 2.45) is 0 Å². The van der Waals surface area contributed by atoms with Crippen molar-refractivity contribution in [2.45, 2.75) is 44.5 Å². The summed E-state index contributed by atoms with van der Waals surface area (Å²) in [6, 6.07) is 9.98. The van der Waals surface area contributed by atoms with E-state index in [1.54, 1.807) is 30.8 Å². The van der Waals surface area contributed by atoms with Crippen LogP contribution < -0.4 is 14.4 Å². The summed E-state index contributed by atoms with van der Waals surface area (Å²) in [6.07, 6.45) is 7.51. The van der Waals surface area contributed by atoms with Crippen LogP contribution in [-0.4, -0.2) is 74.1 Å². The molecule has 2 unspecified atom stereocenters. The highest BCUT2D eigenvalue weighted by atomic mass is 19.1. The molecule has 3 aliphatic heterocycles. The molecule has 2 bridgehead atoms. The lowest BCUT2D eigenvalue weighted by molar-refractivity contribution is -0.0101. The third-order valence-electron chi connectivity index (χ3n) is 7.52. The number of piperazine rings is 1. The van der Waals surface area contributed by atoms with E-state index in [-0.39, 0.29) is 12.4 Å². The molecule has 3 fully saturated rings. The molecule has 7 rings (SSSR count). The molecule has 40 heavy (non-hydrogen) atoms. The molecule has 1 N–H and O–H groups in total. The lowest BCUT2D eigenvalue weighted by atomic mass is 9.86. The first-order valence-corrected chi connectivity index (χ1v) is 13.1. The number of aromatic nitrogens is 4. The SMILES string of the molecule is COc1nccc(F)c1CN1C2CC1CN(c1ccc(-c3cc(OCC(C)(C)O)cn4ncc(C#N)c34)cn1)C2. The average molecular weight is 544 g/mol. The van der Waals surface area contributed by atoms with E-state index < -0.39 is 5.60 Å². The second-order valence-corrected chi connectivity index (χ2v) is 11.0. The zero-order valence-corrected chi connectivity index (χ0v) is 22.6. The predicted molar refractivity (Wildman–Crippen MR) is 146 cm³/mol. The van der Waals surface area contributed by atoms with E-state index in [1.165, 1.54) is 25.6 Å². The lowest BCUT2D eigenvalue weighted by Crippen LogP contribution is -2.68. The van der Waals surface area contributed by atoms with Crippen LogP contribution in [0.15, 0.2) is 49.1 Å². The second kappa shape index (κ2) is 10.0.